The number of nitrogens with zero attached hydrogens (tertiary/aromatic N) is 1. The Hall–Kier alpha value is -2.67. The summed E-state index contributed by atoms with van der Waals surface area (Å²) in [7, 11) is 1.60. The van der Waals surface area contributed by atoms with Gasteiger partial charge in [-0.25, -0.2) is 0 Å². The number of carbonyl (C=O) groups excluding carboxylic acids is 2. The quantitative estimate of drug-likeness (QED) is 0.303. The molecule has 0 aliphatic heterocycles. The molecule has 2 amide bonds. The van der Waals surface area contributed by atoms with Gasteiger partial charge in [-0.3, -0.25) is 9.59 Å². The highest BCUT2D eigenvalue weighted by molar-refractivity contribution is 7.99. The third-order valence-electron chi connectivity index (χ3n) is 5.61. The Morgan fingerprint density at radius 3 is 2.44 bits per heavy atom. The van der Waals surface area contributed by atoms with E-state index in [9.17, 15) is 9.59 Å². The third kappa shape index (κ3) is 8.19. The Labute approximate surface area is 227 Å². The first-order valence-electron chi connectivity index (χ1n) is 11.7. The van der Waals surface area contributed by atoms with E-state index in [0.717, 1.165) is 16.7 Å². The molecule has 0 aliphatic rings. The molecule has 0 unspecified atom stereocenters. The van der Waals surface area contributed by atoms with Crippen LogP contribution in [-0.2, 0) is 28.3 Å². The lowest BCUT2D eigenvalue weighted by Gasteiger charge is -2.31. The van der Waals surface area contributed by atoms with Crippen molar-refractivity contribution in [1.29, 1.82) is 0 Å². The second kappa shape index (κ2) is 14.2. The van der Waals surface area contributed by atoms with Gasteiger partial charge in [0.15, 0.2) is 0 Å². The van der Waals surface area contributed by atoms with Crippen LogP contribution in [0.3, 0.4) is 0 Å². The minimum absolute atomic E-state index is 0.125. The number of amides is 2. The standard InChI is InChI=1S/C28H30Cl2N2O3S/c1-3-31-28(34)26(15-20-8-5-4-6-9-20)32(17-21-10-7-11-24(14-21)35-2)27(33)19-36-18-22-12-13-23(29)16-25(22)30/h4-14,16,26H,3,15,17-19H2,1-2H3,(H,31,34)/t26-/m1/s1. The van der Waals surface area contributed by atoms with Crippen LogP contribution >= 0.6 is 35.0 Å². The Balaban J connectivity index is 1.84. The maximum absolute atomic E-state index is 13.6. The van der Waals surface area contributed by atoms with E-state index in [1.165, 1.54) is 11.8 Å². The molecule has 1 atom stereocenters. The summed E-state index contributed by atoms with van der Waals surface area (Å²) in [5, 5.41) is 4.05. The van der Waals surface area contributed by atoms with E-state index in [1.54, 1.807) is 24.1 Å². The number of rotatable bonds is 12. The number of methoxy groups -OCH3 is 1. The zero-order valence-electron chi connectivity index (χ0n) is 20.4. The van der Waals surface area contributed by atoms with Crippen LogP contribution in [0.4, 0.5) is 0 Å². The van der Waals surface area contributed by atoms with Crippen LogP contribution < -0.4 is 10.1 Å². The Morgan fingerprint density at radius 1 is 1.00 bits per heavy atom. The van der Waals surface area contributed by atoms with Crippen molar-refractivity contribution in [1.82, 2.24) is 10.2 Å². The fourth-order valence-corrected chi connectivity index (χ4v) is 5.25. The molecular formula is C28H30Cl2N2O3S. The summed E-state index contributed by atoms with van der Waals surface area (Å²) in [6.45, 7) is 2.64. The van der Waals surface area contributed by atoms with Crippen molar-refractivity contribution in [3.63, 3.8) is 0 Å². The first-order chi connectivity index (χ1) is 17.4. The summed E-state index contributed by atoms with van der Waals surface area (Å²) < 4.78 is 5.36. The fourth-order valence-electron chi connectivity index (χ4n) is 3.78. The summed E-state index contributed by atoms with van der Waals surface area (Å²) in [4.78, 5) is 28.5. The number of hydrogen-bond donors (Lipinski definition) is 1. The molecular weight excluding hydrogens is 515 g/mol. The molecule has 3 aromatic carbocycles. The molecule has 190 valence electrons. The van der Waals surface area contributed by atoms with E-state index in [-0.39, 0.29) is 24.1 Å². The third-order valence-corrected chi connectivity index (χ3v) is 7.16. The lowest BCUT2D eigenvalue weighted by Crippen LogP contribution is -2.51. The highest BCUT2D eigenvalue weighted by Crippen LogP contribution is 2.26. The van der Waals surface area contributed by atoms with E-state index < -0.39 is 6.04 Å². The minimum atomic E-state index is -0.661. The number of benzene rings is 3. The van der Waals surface area contributed by atoms with Gasteiger partial charge >= 0.3 is 0 Å². The van der Waals surface area contributed by atoms with Crippen LogP contribution in [0, 0.1) is 0 Å². The van der Waals surface area contributed by atoms with Gasteiger partial charge in [-0.15, -0.1) is 11.8 Å². The molecule has 1 N–H and O–H groups in total. The molecule has 0 fully saturated rings. The summed E-state index contributed by atoms with van der Waals surface area (Å²) in [6.07, 6.45) is 0.413. The molecule has 0 saturated carbocycles. The molecule has 0 heterocycles. The molecule has 3 aromatic rings. The Kier molecular flexibility index (Phi) is 11.0. The molecule has 36 heavy (non-hydrogen) atoms. The SMILES string of the molecule is CCNC(=O)[C@@H](Cc1ccccc1)N(Cc1cccc(OC)c1)C(=O)CSCc1ccc(Cl)cc1Cl. The fraction of sp³-hybridized carbons (Fsp3) is 0.286. The van der Waals surface area contributed by atoms with E-state index >= 15 is 0 Å². The van der Waals surface area contributed by atoms with Gasteiger partial charge in [-0.05, 0) is 47.9 Å². The van der Waals surface area contributed by atoms with Crippen molar-refractivity contribution in [3.8, 4) is 5.75 Å². The van der Waals surface area contributed by atoms with Crippen LogP contribution in [0.2, 0.25) is 10.0 Å². The predicted molar refractivity (Wildman–Crippen MR) is 149 cm³/mol. The number of likely N-dealkylation sites (N-methyl/N-ethyl adjacent to an activating group) is 1. The van der Waals surface area contributed by atoms with Crippen molar-refractivity contribution in [3.05, 3.63) is 99.5 Å². The zero-order valence-corrected chi connectivity index (χ0v) is 22.7. The topological polar surface area (TPSA) is 58.6 Å². The lowest BCUT2D eigenvalue weighted by atomic mass is 10.0. The summed E-state index contributed by atoms with van der Waals surface area (Å²) in [5.41, 5.74) is 2.77. The average Bonchev–Trinajstić information content (AvgIpc) is 2.88. The highest BCUT2D eigenvalue weighted by Gasteiger charge is 2.30. The van der Waals surface area contributed by atoms with Crippen molar-refractivity contribution in [2.24, 2.45) is 0 Å². The number of nitrogens with one attached hydrogen (secondary N) is 1. The number of halogens is 2. The summed E-state index contributed by atoms with van der Waals surface area (Å²) >= 11 is 13.8. The summed E-state index contributed by atoms with van der Waals surface area (Å²) in [5.74, 6) is 1.15. The zero-order chi connectivity index (χ0) is 25.9. The van der Waals surface area contributed by atoms with Crippen LogP contribution in [0.1, 0.15) is 23.6 Å². The smallest absolute Gasteiger partial charge is 0.243 e. The second-order valence-corrected chi connectivity index (χ2v) is 10.0. The van der Waals surface area contributed by atoms with Gasteiger partial charge in [-0.1, -0.05) is 71.7 Å². The minimum Gasteiger partial charge on any atom is -0.497 e. The normalized spacial score (nSPS) is 11.6. The van der Waals surface area contributed by atoms with Crippen molar-refractivity contribution >= 4 is 46.8 Å². The van der Waals surface area contributed by atoms with E-state index in [2.05, 4.69) is 5.32 Å². The van der Waals surface area contributed by atoms with Crippen molar-refractivity contribution in [2.45, 2.75) is 31.7 Å². The Morgan fingerprint density at radius 2 is 1.75 bits per heavy atom. The van der Waals surface area contributed by atoms with Gasteiger partial charge in [0.1, 0.15) is 11.8 Å². The largest absolute Gasteiger partial charge is 0.497 e. The monoisotopic (exact) mass is 544 g/mol. The number of carbonyl (C=O) groups is 2. The average molecular weight is 546 g/mol. The molecule has 0 saturated heterocycles. The highest BCUT2D eigenvalue weighted by atomic mass is 35.5. The Bertz CT molecular complexity index is 1160. The van der Waals surface area contributed by atoms with E-state index in [0.29, 0.717) is 34.5 Å². The van der Waals surface area contributed by atoms with Gasteiger partial charge in [0.2, 0.25) is 11.8 Å². The van der Waals surface area contributed by atoms with Crippen LogP contribution in [0.5, 0.6) is 5.75 Å². The maximum atomic E-state index is 13.6. The van der Waals surface area contributed by atoms with Gasteiger partial charge in [0.05, 0.1) is 12.9 Å². The molecule has 8 heteroatoms. The van der Waals surface area contributed by atoms with Crippen LogP contribution in [-0.4, -0.2) is 42.2 Å². The number of ether oxygens (including phenoxy) is 1. The van der Waals surface area contributed by atoms with Crippen molar-refractivity contribution in [2.75, 3.05) is 19.4 Å². The molecule has 0 aromatic heterocycles. The van der Waals surface area contributed by atoms with Crippen LogP contribution in [0.25, 0.3) is 0 Å². The first kappa shape index (κ1) is 27.9. The second-order valence-electron chi connectivity index (χ2n) is 8.20. The van der Waals surface area contributed by atoms with Crippen LogP contribution in [0.15, 0.2) is 72.8 Å². The van der Waals surface area contributed by atoms with Gasteiger partial charge in [0.25, 0.3) is 0 Å². The van der Waals surface area contributed by atoms with Gasteiger partial charge in [-0.2, -0.15) is 0 Å². The molecule has 0 aliphatic carbocycles. The summed E-state index contributed by atoms with van der Waals surface area (Å²) in [6, 6.07) is 22.0. The molecule has 5 nitrogen and oxygen atoms in total. The van der Waals surface area contributed by atoms with Crippen molar-refractivity contribution < 1.29 is 14.3 Å². The molecule has 0 spiro atoms. The predicted octanol–water partition coefficient (Wildman–Crippen LogP) is 6.01. The van der Waals surface area contributed by atoms with E-state index in [1.807, 2.05) is 67.6 Å². The maximum Gasteiger partial charge on any atom is 0.243 e. The van der Waals surface area contributed by atoms with Gasteiger partial charge < -0.3 is 15.0 Å². The lowest BCUT2D eigenvalue weighted by molar-refractivity contribution is -0.139. The molecule has 0 bridgehead atoms. The first-order valence-corrected chi connectivity index (χ1v) is 13.6. The number of hydrogen-bond acceptors (Lipinski definition) is 4. The molecule has 3 rings (SSSR count). The van der Waals surface area contributed by atoms with E-state index in [4.69, 9.17) is 27.9 Å². The molecule has 0 radical (unpaired) electrons. The number of thioether (sulfide) groups is 1. The van der Waals surface area contributed by atoms with Gasteiger partial charge in [0, 0.05) is 35.3 Å².